The van der Waals surface area contributed by atoms with Crippen molar-refractivity contribution in [2.75, 3.05) is 6.54 Å². The van der Waals surface area contributed by atoms with Crippen molar-refractivity contribution in [3.8, 4) is 6.57 Å². The molecule has 2 aromatic carbocycles. The number of nitrogens with two attached hydrogens (primary N) is 1. The van der Waals surface area contributed by atoms with E-state index in [4.69, 9.17) is 11.0 Å². The second-order valence-corrected chi connectivity index (χ2v) is 6.43. The van der Waals surface area contributed by atoms with Crippen LogP contribution in [0.5, 0.6) is 0 Å². The summed E-state index contributed by atoms with van der Waals surface area (Å²) in [5.41, 5.74) is 7.42. The quantitative estimate of drug-likeness (QED) is 0.939. The first-order valence-electron chi connectivity index (χ1n) is 8.42. The van der Waals surface area contributed by atoms with Gasteiger partial charge in [-0.05, 0) is 42.5 Å². The molecule has 1 heterocycles. The van der Waals surface area contributed by atoms with E-state index in [1.807, 2.05) is 17.0 Å². The van der Waals surface area contributed by atoms with Crippen LogP contribution in [0.1, 0.15) is 31.7 Å². The van der Waals surface area contributed by atoms with Crippen LogP contribution in [0.4, 0.5) is 0 Å². The van der Waals surface area contributed by atoms with Crippen molar-refractivity contribution >= 4 is 16.7 Å². The number of amides is 1. The minimum absolute atomic E-state index is 0.110. The Labute approximate surface area is 143 Å². The lowest BCUT2D eigenvalue weighted by Crippen LogP contribution is -2.38. The summed E-state index contributed by atoms with van der Waals surface area (Å²) in [6.45, 7) is 6.52. The van der Waals surface area contributed by atoms with E-state index in [9.17, 15) is 4.79 Å². The highest BCUT2D eigenvalue weighted by atomic mass is 16.2. The standard InChI is InChI=1S/C19H24N2O.CHN/c1-14-5-4-10-21(14)19(22)13-18(20)12-15-8-9-16-6-2-3-7-17(16)11-15;1-2/h2-3,6-9,11,14,18H,4-5,10,12-13,20H2,1H3;1H. The molecule has 0 aromatic heterocycles. The molecule has 4 nitrogen and oxygen atoms in total. The van der Waals surface area contributed by atoms with Crippen LogP contribution in [0, 0.1) is 11.8 Å². The Balaban J connectivity index is 0.00000100. The highest BCUT2D eigenvalue weighted by Crippen LogP contribution is 2.19. The number of nitriles is 1. The van der Waals surface area contributed by atoms with Gasteiger partial charge < -0.3 is 10.6 Å². The number of carbonyl (C=O) groups excluding carboxylic acids is 1. The van der Waals surface area contributed by atoms with E-state index in [0.29, 0.717) is 12.5 Å². The summed E-state index contributed by atoms with van der Waals surface area (Å²) in [6, 6.07) is 15.0. The third kappa shape index (κ3) is 4.33. The molecule has 1 amide bonds. The van der Waals surface area contributed by atoms with Gasteiger partial charge in [0.25, 0.3) is 0 Å². The summed E-state index contributed by atoms with van der Waals surface area (Å²) in [4.78, 5) is 14.3. The fourth-order valence-corrected chi connectivity index (χ4v) is 3.39. The zero-order valence-electron chi connectivity index (χ0n) is 14.2. The smallest absolute Gasteiger partial charge is 0.224 e. The Bertz CT molecular complexity index is 710. The molecule has 24 heavy (non-hydrogen) atoms. The third-order valence-electron chi connectivity index (χ3n) is 4.62. The molecule has 0 bridgehead atoms. The summed E-state index contributed by atoms with van der Waals surface area (Å²) in [6.07, 6.45) is 3.43. The lowest BCUT2D eigenvalue weighted by Gasteiger charge is -2.23. The molecule has 2 unspecified atom stereocenters. The van der Waals surface area contributed by atoms with Crippen LogP contribution in [0.2, 0.25) is 0 Å². The van der Waals surface area contributed by atoms with Crippen LogP contribution in [0.15, 0.2) is 42.5 Å². The number of benzene rings is 2. The van der Waals surface area contributed by atoms with E-state index >= 15 is 0 Å². The summed E-state index contributed by atoms with van der Waals surface area (Å²) in [7, 11) is 0. The van der Waals surface area contributed by atoms with Crippen molar-refractivity contribution in [1.82, 2.24) is 4.90 Å². The van der Waals surface area contributed by atoms with E-state index in [2.05, 4.69) is 43.8 Å². The van der Waals surface area contributed by atoms with Crippen LogP contribution in [-0.4, -0.2) is 29.4 Å². The van der Waals surface area contributed by atoms with Crippen LogP contribution >= 0.6 is 0 Å². The van der Waals surface area contributed by atoms with Gasteiger partial charge >= 0.3 is 0 Å². The molecule has 4 heteroatoms. The van der Waals surface area contributed by atoms with Crippen LogP contribution in [0.25, 0.3) is 10.8 Å². The molecule has 1 fully saturated rings. The van der Waals surface area contributed by atoms with Gasteiger partial charge in [0.1, 0.15) is 0 Å². The van der Waals surface area contributed by atoms with Gasteiger partial charge in [0.2, 0.25) is 5.91 Å². The molecule has 1 aliphatic heterocycles. The summed E-state index contributed by atoms with van der Waals surface area (Å²) in [5, 5.41) is 8.97. The highest BCUT2D eigenvalue weighted by molar-refractivity contribution is 5.83. The zero-order chi connectivity index (χ0) is 17.5. The SMILES string of the molecule is C#N.CC1CCCN1C(=O)CC(N)Cc1ccc2ccccc2c1. The zero-order valence-corrected chi connectivity index (χ0v) is 14.2. The topological polar surface area (TPSA) is 70.1 Å². The van der Waals surface area contributed by atoms with E-state index in [1.54, 1.807) is 0 Å². The van der Waals surface area contributed by atoms with E-state index in [1.165, 1.54) is 16.3 Å². The number of likely N-dealkylation sites (tertiary alicyclic amines) is 1. The van der Waals surface area contributed by atoms with Gasteiger partial charge in [-0.2, -0.15) is 0 Å². The fraction of sp³-hybridized carbons (Fsp3) is 0.400. The van der Waals surface area contributed by atoms with Crippen molar-refractivity contribution in [3.63, 3.8) is 0 Å². The van der Waals surface area contributed by atoms with Crippen molar-refractivity contribution in [3.05, 3.63) is 48.0 Å². The van der Waals surface area contributed by atoms with Gasteiger partial charge in [-0.3, -0.25) is 4.79 Å². The molecule has 126 valence electrons. The van der Waals surface area contributed by atoms with E-state index in [-0.39, 0.29) is 11.9 Å². The summed E-state index contributed by atoms with van der Waals surface area (Å²) >= 11 is 0. The molecule has 0 saturated carbocycles. The molecule has 1 aliphatic rings. The van der Waals surface area contributed by atoms with Crippen molar-refractivity contribution in [2.45, 2.75) is 44.7 Å². The molecule has 0 spiro atoms. The van der Waals surface area contributed by atoms with Crippen LogP contribution in [-0.2, 0) is 11.2 Å². The largest absolute Gasteiger partial charge is 0.340 e. The fourth-order valence-electron chi connectivity index (χ4n) is 3.39. The molecule has 2 atom stereocenters. The van der Waals surface area contributed by atoms with Crippen LogP contribution < -0.4 is 5.73 Å². The maximum absolute atomic E-state index is 12.3. The average Bonchev–Trinajstić information content (AvgIpc) is 3.02. The first-order chi connectivity index (χ1) is 11.6. The third-order valence-corrected chi connectivity index (χ3v) is 4.62. The Morgan fingerprint density at radius 1 is 1.29 bits per heavy atom. The molecule has 0 aliphatic carbocycles. The number of carbonyl (C=O) groups is 1. The maximum Gasteiger partial charge on any atom is 0.224 e. The van der Waals surface area contributed by atoms with Gasteiger partial charge in [-0.15, -0.1) is 0 Å². The molecule has 0 radical (unpaired) electrons. The van der Waals surface area contributed by atoms with Crippen molar-refractivity contribution < 1.29 is 4.79 Å². The number of nitrogens with zero attached hydrogens (tertiary/aromatic N) is 2. The second kappa shape index (κ2) is 8.47. The summed E-state index contributed by atoms with van der Waals surface area (Å²) < 4.78 is 0. The van der Waals surface area contributed by atoms with Crippen molar-refractivity contribution in [1.29, 1.82) is 5.26 Å². The summed E-state index contributed by atoms with van der Waals surface area (Å²) in [5.74, 6) is 0.207. The molecule has 2 N–H and O–H groups in total. The van der Waals surface area contributed by atoms with Gasteiger partial charge in [0.05, 0.1) is 0 Å². The van der Waals surface area contributed by atoms with E-state index < -0.39 is 0 Å². The lowest BCUT2D eigenvalue weighted by molar-refractivity contribution is -0.132. The lowest BCUT2D eigenvalue weighted by atomic mass is 10.00. The minimum Gasteiger partial charge on any atom is -0.340 e. The Kier molecular flexibility index (Phi) is 6.34. The number of fused-ring (bicyclic) bond motifs is 1. The molecular weight excluding hydrogens is 298 g/mol. The Morgan fingerprint density at radius 3 is 2.67 bits per heavy atom. The normalized spacial score (nSPS) is 18.0. The number of rotatable bonds is 4. The monoisotopic (exact) mass is 323 g/mol. The number of hydrogen-bond donors (Lipinski definition) is 1. The Hall–Kier alpha value is -2.38. The predicted molar refractivity (Wildman–Crippen MR) is 97.3 cm³/mol. The van der Waals surface area contributed by atoms with Crippen LogP contribution in [0.3, 0.4) is 0 Å². The molecule has 3 rings (SSSR count). The highest BCUT2D eigenvalue weighted by Gasteiger charge is 2.25. The average molecular weight is 323 g/mol. The molecule has 2 aromatic rings. The molecule has 1 saturated heterocycles. The first kappa shape index (κ1) is 18.0. The van der Waals surface area contributed by atoms with Gasteiger partial charge in [-0.25, -0.2) is 5.26 Å². The Morgan fingerprint density at radius 2 is 2.00 bits per heavy atom. The first-order valence-corrected chi connectivity index (χ1v) is 8.42. The number of hydrogen-bond acceptors (Lipinski definition) is 3. The minimum atomic E-state index is -0.110. The molecular formula is C20H25N3O. The van der Waals surface area contributed by atoms with E-state index in [0.717, 1.165) is 25.8 Å². The predicted octanol–water partition coefficient (Wildman–Crippen LogP) is 3.25. The van der Waals surface area contributed by atoms with Crippen molar-refractivity contribution in [2.24, 2.45) is 5.73 Å². The van der Waals surface area contributed by atoms with Gasteiger partial charge in [0.15, 0.2) is 0 Å². The maximum atomic E-state index is 12.3. The van der Waals surface area contributed by atoms with Gasteiger partial charge in [-0.1, -0.05) is 42.5 Å². The second-order valence-electron chi connectivity index (χ2n) is 6.43. The van der Waals surface area contributed by atoms with Gasteiger partial charge in [0, 0.05) is 31.6 Å².